The number of aliphatic hydroxyl groups excluding tert-OH is 2. The molecule has 0 aromatic rings. The molecule has 0 spiro atoms. The molecular weight excluding hydrogens is 476 g/mol. The van der Waals surface area contributed by atoms with Crippen LogP contribution in [0.25, 0.3) is 0 Å². The van der Waals surface area contributed by atoms with Crippen LogP contribution in [-0.2, 0) is 33.3 Å². The first-order valence-corrected chi connectivity index (χ1v) is 12.5. The van der Waals surface area contributed by atoms with Gasteiger partial charge in [0.15, 0.2) is 12.6 Å². The molecule has 3 amide bonds. The molecular formula is C23H42N4O9. The van der Waals surface area contributed by atoms with Crippen molar-refractivity contribution in [3.63, 3.8) is 0 Å². The van der Waals surface area contributed by atoms with Crippen LogP contribution in [-0.4, -0.2) is 123 Å². The van der Waals surface area contributed by atoms with Crippen molar-refractivity contribution in [1.29, 1.82) is 0 Å². The van der Waals surface area contributed by atoms with Crippen molar-refractivity contribution in [3.8, 4) is 0 Å². The highest BCUT2D eigenvalue weighted by Gasteiger charge is 2.29. The molecule has 36 heavy (non-hydrogen) atoms. The minimum Gasteiger partial charge on any atom is -0.388 e. The maximum Gasteiger partial charge on any atom is 0.234 e. The van der Waals surface area contributed by atoms with Gasteiger partial charge in [0.2, 0.25) is 17.7 Å². The van der Waals surface area contributed by atoms with E-state index in [1.807, 2.05) is 13.8 Å². The molecule has 5 N–H and O–H groups in total. The highest BCUT2D eigenvalue weighted by atomic mass is 16.7. The number of ether oxygens (including phenoxy) is 4. The standard InChI is InChI=1S/C23H42N4O9/c1-15-4-6-17(28)22(35-15)33-10-8-25-20(31)13-27(12-19(30)24-3)14-21(32)26-9-11-34-23-18(29)7-5-16(2)36-23/h15-18,22-23,28-29H,4-14H2,1-3H3,(H,24,30)(H,25,31)(H,26,32)/t15-,16-,17-,18-,22+,23+/m0/s1. The minimum absolute atomic E-state index is 0.000133. The third kappa shape index (κ3) is 11.5. The van der Waals surface area contributed by atoms with E-state index in [4.69, 9.17) is 18.9 Å². The fourth-order valence-electron chi connectivity index (χ4n) is 3.86. The normalized spacial score (nSPS) is 28.5. The molecule has 0 aromatic carbocycles. The Labute approximate surface area is 212 Å². The summed E-state index contributed by atoms with van der Waals surface area (Å²) in [7, 11) is 1.47. The molecule has 2 aliphatic rings. The van der Waals surface area contributed by atoms with Gasteiger partial charge in [0.1, 0.15) is 12.2 Å². The van der Waals surface area contributed by atoms with Crippen LogP contribution in [0.1, 0.15) is 39.5 Å². The van der Waals surface area contributed by atoms with Gasteiger partial charge in [0.05, 0.1) is 45.1 Å². The van der Waals surface area contributed by atoms with Crippen molar-refractivity contribution >= 4 is 17.7 Å². The Morgan fingerprint density at radius 1 is 0.778 bits per heavy atom. The topological polar surface area (TPSA) is 168 Å². The van der Waals surface area contributed by atoms with E-state index in [0.29, 0.717) is 12.8 Å². The number of hydrogen-bond donors (Lipinski definition) is 5. The Morgan fingerprint density at radius 3 is 1.61 bits per heavy atom. The maximum atomic E-state index is 12.4. The molecule has 0 radical (unpaired) electrons. The van der Waals surface area contributed by atoms with Crippen LogP contribution in [0, 0.1) is 0 Å². The molecule has 13 nitrogen and oxygen atoms in total. The van der Waals surface area contributed by atoms with Crippen LogP contribution in [0.3, 0.4) is 0 Å². The van der Waals surface area contributed by atoms with Gasteiger partial charge in [-0.3, -0.25) is 19.3 Å². The second kappa shape index (κ2) is 16.1. The number of amides is 3. The molecule has 6 atom stereocenters. The summed E-state index contributed by atoms with van der Waals surface area (Å²) < 4.78 is 22.1. The number of nitrogens with one attached hydrogen (secondary N) is 3. The van der Waals surface area contributed by atoms with E-state index in [9.17, 15) is 24.6 Å². The van der Waals surface area contributed by atoms with Crippen LogP contribution >= 0.6 is 0 Å². The second-order valence-electron chi connectivity index (χ2n) is 9.18. The zero-order chi connectivity index (χ0) is 26.5. The molecule has 2 fully saturated rings. The zero-order valence-electron chi connectivity index (χ0n) is 21.4. The van der Waals surface area contributed by atoms with Crippen molar-refractivity contribution in [3.05, 3.63) is 0 Å². The lowest BCUT2D eigenvalue weighted by Crippen LogP contribution is -2.47. The number of hydrogen-bond acceptors (Lipinski definition) is 10. The van der Waals surface area contributed by atoms with E-state index in [1.165, 1.54) is 11.9 Å². The molecule has 0 saturated carbocycles. The Balaban J connectivity index is 1.68. The first-order valence-electron chi connectivity index (χ1n) is 12.5. The van der Waals surface area contributed by atoms with Crippen LogP contribution in [0.4, 0.5) is 0 Å². The van der Waals surface area contributed by atoms with Crippen molar-refractivity contribution in [2.24, 2.45) is 0 Å². The first kappa shape index (κ1) is 30.4. The highest BCUT2D eigenvalue weighted by molar-refractivity contribution is 5.83. The Bertz CT molecular complexity index is 650. The predicted molar refractivity (Wildman–Crippen MR) is 128 cm³/mol. The molecule has 13 heteroatoms. The van der Waals surface area contributed by atoms with E-state index < -0.39 is 24.8 Å². The molecule has 2 rings (SSSR count). The van der Waals surface area contributed by atoms with Gasteiger partial charge in [0, 0.05) is 20.1 Å². The second-order valence-corrected chi connectivity index (χ2v) is 9.18. The van der Waals surface area contributed by atoms with Crippen molar-refractivity contribution < 1.29 is 43.5 Å². The number of carbonyl (C=O) groups excluding carboxylic acids is 3. The van der Waals surface area contributed by atoms with E-state index in [2.05, 4.69) is 16.0 Å². The fourth-order valence-corrected chi connectivity index (χ4v) is 3.86. The molecule has 0 aromatic heterocycles. The minimum atomic E-state index is -0.723. The summed E-state index contributed by atoms with van der Waals surface area (Å²) in [5.41, 5.74) is 0. The average Bonchev–Trinajstić information content (AvgIpc) is 2.83. The third-order valence-corrected chi connectivity index (χ3v) is 5.89. The first-order chi connectivity index (χ1) is 17.2. The summed E-state index contributed by atoms with van der Waals surface area (Å²) in [6.07, 6.45) is -0.139. The summed E-state index contributed by atoms with van der Waals surface area (Å²) >= 11 is 0. The van der Waals surface area contributed by atoms with Crippen LogP contribution in [0.15, 0.2) is 0 Å². The fraction of sp³-hybridized carbons (Fsp3) is 0.870. The quantitative estimate of drug-likeness (QED) is 0.163. The van der Waals surface area contributed by atoms with E-state index >= 15 is 0 Å². The smallest absolute Gasteiger partial charge is 0.234 e. The van der Waals surface area contributed by atoms with Crippen molar-refractivity contribution in [1.82, 2.24) is 20.9 Å². The van der Waals surface area contributed by atoms with Crippen molar-refractivity contribution in [2.45, 2.75) is 76.5 Å². The zero-order valence-corrected chi connectivity index (χ0v) is 21.4. The van der Waals surface area contributed by atoms with Gasteiger partial charge < -0.3 is 45.1 Å². The number of carbonyl (C=O) groups is 3. The van der Waals surface area contributed by atoms with Gasteiger partial charge in [0.25, 0.3) is 0 Å². The highest BCUT2D eigenvalue weighted by Crippen LogP contribution is 2.20. The number of likely N-dealkylation sites (N-methyl/N-ethyl adjacent to an activating group) is 1. The SMILES string of the molecule is CNC(=O)CN(CC(=O)NCCO[C@@H]1O[C@@H](C)CC[C@@H]1O)CC(=O)NCCO[C@@H]1O[C@@H](C)CC[C@@H]1O. The van der Waals surface area contributed by atoms with E-state index in [0.717, 1.165) is 12.8 Å². The molecule has 2 aliphatic heterocycles. The summed E-state index contributed by atoms with van der Waals surface area (Å²) in [6, 6.07) is 0. The molecule has 0 bridgehead atoms. The van der Waals surface area contributed by atoms with Gasteiger partial charge in [-0.1, -0.05) is 0 Å². The number of aliphatic hydroxyl groups is 2. The largest absolute Gasteiger partial charge is 0.388 e. The van der Waals surface area contributed by atoms with Crippen LogP contribution in [0.2, 0.25) is 0 Å². The Hall–Kier alpha value is -1.87. The van der Waals surface area contributed by atoms with E-state index in [1.54, 1.807) is 0 Å². The summed E-state index contributed by atoms with van der Waals surface area (Å²) in [6.45, 7) is 4.00. The molecule has 208 valence electrons. The van der Waals surface area contributed by atoms with Crippen LogP contribution < -0.4 is 16.0 Å². The number of nitrogens with zero attached hydrogens (tertiary/aromatic N) is 1. The van der Waals surface area contributed by atoms with Gasteiger partial charge in [-0.05, 0) is 39.5 Å². The Kier molecular flexibility index (Phi) is 13.6. The predicted octanol–water partition coefficient (Wildman–Crippen LogP) is -1.93. The molecule has 0 unspecified atom stereocenters. The van der Waals surface area contributed by atoms with Gasteiger partial charge in [-0.15, -0.1) is 0 Å². The van der Waals surface area contributed by atoms with Gasteiger partial charge in [-0.2, -0.15) is 0 Å². The summed E-state index contributed by atoms with van der Waals surface area (Å²) in [5, 5.41) is 27.7. The van der Waals surface area contributed by atoms with Gasteiger partial charge in [-0.25, -0.2) is 0 Å². The maximum absolute atomic E-state index is 12.4. The van der Waals surface area contributed by atoms with E-state index in [-0.39, 0.29) is 75.9 Å². The third-order valence-electron chi connectivity index (χ3n) is 5.89. The molecule has 2 saturated heterocycles. The van der Waals surface area contributed by atoms with Crippen LogP contribution in [0.5, 0.6) is 0 Å². The lowest BCUT2D eigenvalue weighted by Gasteiger charge is -2.32. The van der Waals surface area contributed by atoms with Gasteiger partial charge >= 0.3 is 0 Å². The lowest BCUT2D eigenvalue weighted by molar-refractivity contribution is -0.235. The molecule has 2 heterocycles. The summed E-state index contributed by atoms with van der Waals surface area (Å²) in [4.78, 5) is 38.0. The average molecular weight is 519 g/mol. The summed E-state index contributed by atoms with van der Waals surface area (Å²) in [5.74, 6) is -1.10. The van der Waals surface area contributed by atoms with Crippen molar-refractivity contribution in [2.75, 3.05) is 53.0 Å². The lowest BCUT2D eigenvalue weighted by atomic mass is 10.1. The number of rotatable bonds is 14. The molecule has 0 aliphatic carbocycles. The monoisotopic (exact) mass is 518 g/mol. The Morgan fingerprint density at radius 2 is 1.19 bits per heavy atom.